The Kier molecular flexibility index (Phi) is 5.52. The summed E-state index contributed by atoms with van der Waals surface area (Å²) in [4.78, 5) is 28.4. The van der Waals surface area contributed by atoms with E-state index in [-0.39, 0.29) is 17.6 Å². The van der Waals surface area contributed by atoms with Crippen molar-refractivity contribution in [2.45, 2.75) is 19.8 Å². The number of benzene rings is 1. The summed E-state index contributed by atoms with van der Waals surface area (Å²) in [5.41, 5.74) is 0.692. The van der Waals surface area contributed by atoms with Gasteiger partial charge in [0.05, 0.1) is 7.11 Å². The molecule has 4 heteroatoms. The van der Waals surface area contributed by atoms with Crippen LogP contribution in [-0.2, 0) is 9.63 Å². The van der Waals surface area contributed by atoms with Crippen molar-refractivity contribution in [2.24, 2.45) is 5.92 Å². The molecule has 0 aromatic heterocycles. The Morgan fingerprint density at radius 3 is 2.44 bits per heavy atom. The predicted molar refractivity (Wildman–Crippen MR) is 68.9 cm³/mol. The average Bonchev–Trinajstić information content (AvgIpc) is 2.43. The molecule has 1 amide bonds. The zero-order valence-electron chi connectivity index (χ0n) is 11.1. The SMILES string of the molecule is CON(C)C(=O)[C@H](C)CCC(=O)c1ccccc1. The molecule has 0 saturated carbocycles. The summed E-state index contributed by atoms with van der Waals surface area (Å²) in [7, 11) is 3.01. The number of Topliss-reactive ketones (excluding diaryl/α,β-unsaturated/α-hetero) is 1. The van der Waals surface area contributed by atoms with Gasteiger partial charge in [-0.15, -0.1) is 0 Å². The average molecular weight is 249 g/mol. The van der Waals surface area contributed by atoms with Gasteiger partial charge >= 0.3 is 0 Å². The Balaban J connectivity index is 2.46. The van der Waals surface area contributed by atoms with E-state index >= 15 is 0 Å². The minimum Gasteiger partial charge on any atom is -0.294 e. The van der Waals surface area contributed by atoms with Gasteiger partial charge < -0.3 is 0 Å². The standard InChI is InChI=1S/C14H19NO3/c1-11(14(17)15(2)18-3)9-10-13(16)12-7-5-4-6-8-12/h4-8,11H,9-10H2,1-3H3/t11-/m1/s1. The zero-order valence-corrected chi connectivity index (χ0v) is 11.1. The molecule has 0 unspecified atom stereocenters. The molecule has 4 nitrogen and oxygen atoms in total. The van der Waals surface area contributed by atoms with Crippen molar-refractivity contribution in [3.05, 3.63) is 35.9 Å². The van der Waals surface area contributed by atoms with Crippen molar-refractivity contribution < 1.29 is 14.4 Å². The Bertz CT molecular complexity index is 403. The highest BCUT2D eigenvalue weighted by atomic mass is 16.7. The molecule has 1 atom stereocenters. The first kappa shape index (κ1) is 14.4. The summed E-state index contributed by atoms with van der Waals surface area (Å²) in [6.45, 7) is 1.80. The largest absolute Gasteiger partial charge is 0.294 e. The summed E-state index contributed by atoms with van der Waals surface area (Å²) < 4.78 is 0. The van der Waals surface area contributed by atoms with E-state index in [1.807, 2.05) is 18.2 Å². The van der Waals surface area contributed by atoms with E-state index in [1.54, 1.807) is 26.1 Å². The predicted octanol–water partition coefficient (Wildman–Crippen LogP) is 2.31. The van der Waals surface area contributed by atoms with Gasteiger partial charge in [0.1, 0.15) is 0 Å². The number of hydroxylamine groups is 2. The van der Waals surface area contributed by atoms with Gasteiger partial charge in [-0.3, -0.25) is 14.4 Å². The van der Waals surface area contributed by atoms with Gasteiger partial charge in [0, 0.05) is 24.9 Å². The molecule has 1 aromatic rings. The molecule has 0 aliphatic rings. The van der Waals surface area contributed by atoms with E-state index in [1.165, 1.54) is 12.2 Å². The minimum atomic E-state index is -0.220. The van der Waals surface area contributed by atoms with E-state index in [2.05, 4.69) is 0 Å². The van der Waals surface area contributed by atoms with Gasteiger partial charge in [-0.1, -0.05) is 37.3 Å². The normalized spacial score (nSPS) is 11.9. The highest BCUT2D eigenvalue weighted by Gasteiger charge is 2.18. The number of nitrogens with zero attached hydrogens (tertiary/aromatic N) is 1. The third-order valence-electron chi connectivity index (χ3n) is 2.91. The highest BCUT2D eigenvalue weighted by Crippen LogP contribution is 2.12. The molecule has 0 saturated heterocycles. The van der Waals surface area contributed by atoms with Crippen LogP contribution in [0.1, 0.15) is 30.1 Å². The number of carbonyl (C=O) groups is 2. The van der Waals surface area contributed by atoms with Crippen LogP contribution in [-0.4, -0.2) is 30.9 Å². The molecule has 0 radical (unpaired) electrons. The lowest BCUT2D eigenvalue weighted by atomic mass is 9.99. The summed E-state index contributed by atoms with van der Waals surface area (Å²) in [5.74, 6) is -0.267. The maximum absolute atomic E-state index is 11.9. The van der Waals surface area contributed by atoms with Crippen LogP contribution < -0.4 is 0 Å². The van der Waals surface area contributed by atoms with E-state index in [9.17, 15) is 9.59 Å². The third kappa shape index (κ3) is 3.96. The summed E-state index contributed by atoms with van der Waals surface area (Å²) in [5, 5.41) is 1.19. The van der Waals surface area contributed by atoms with Crippen LogP contribution in [0, 0.1) is 5.92 Å². The van der Waals surface area contributed by atoms with Crippen LogP contribution in [0.4, 0.5) is 0 Å². The van der Waals surface area contributed by atoms with E-state index < -0.39 is 0 Å². The quantitative estimate of drug-likeness (QED) is 0.574. The van der Waals surface area contributed by atoms with Gasteiger partial charge in [-0.05, 0) is 6.42 Å². The minimum absolute atomic E-state index is 0.0651. The summed E-state index contributed by atoms with van der Waals surface area (Å²) in [6, 6.07) is 9.11. The van der Waals surface area contributed by atoms with Crippen LogP contribution in [0.2, 0.25) is 0 Å². The highest BCUT2D eigenvalue weighted by molar-refractivity contribution is 5.96. The summed E-state index contributed by atoms with van der Waals surface area (Å²) >= 11 is 0. The van der Waals surface area contributed by atoms with E-state index in [0.29, 0.717) is 18.4 Å². The Labute approximate surface area is 108 Å². The van der Waals surface area contributed by atoms with Crippen molar-refractivity contribution in [2.75, 3.05) is 14.2 Å². The van der Waals surface area contributed by atoms with Crippen molar-refractivity contribution in [3.63, 3.8) is 0 Å². The number of ketones is 1. The maximum atomic E-state index is 11.9. The Morgan fingerprint density at radius 2 is 1.89 bits per heavy atom. The fraction of sp³-hybridized carbons (Fsp3) is 0.429. The molecule has 0 bridgehead atoms. The van der Waals surface area contributed by atoms with Crippen molar-refractivity contribution in [1.82, 2.24) is 5.06 Å². The Morgan fingerprint density at radius 1 is 1.28 bits per heavy atom. The molecule has 1 rings (SSSR count). The number of carbonyl (C=O) groups excluding carboxylic acids is 2. The van der Waals surface area contributed by atoms with Crippen molar-refractivity contribution >= 4 is 11.7 Å². The molecule has 0 aliphatic carbocycles. The van der Waals surface area contributed by atoms with Crippen LogP contribution in [0.5, 0.6) is 0 Å². The van der Waals surface area contributed by atoms with Crippen molar-refractivity contribution in [1.29, 1.82) is 0 Å². The van der Waals surface area contributed by atoms with E-state index in [0.717, 1.165) is 0 Å². The summed E-state index contributed by atoms with van der Waals surface area (Å²) in [6.07, 6.45) is 0.898. The van der Waals surface area contributed by atoms with Gasteiger partial charge in [0.15, 0.2) is 5.78 Å². The second-order valence-electron chi connectivity index (χ2n) is 4.25. The second-order valence-corrected chi connectivity index (χ2v) is 4.25. The first-order chi connectivity index (χ1) is 8.56. The molecule has 1 aromatic carbocycles. The van der Waals surface area contributed by atoms with Gasteiger partial charge in [-0.25, -0.2) is 5.06 Å². The van der Waals surface area contributed by atoms with Gasteiger partial charge in [0.2, 0.25) is 5.91 Å². The first-order valence-corrected chi connectivity index (χ1v) is 5.96. The smallest absolute Gasteiger partial charge is 0.248 e. The molecular formula is C14H19NO3. The van der Waals surface area contributed by atoms with Crippen LogP contribution in [0.25, 0.3) is 0 Å². The lowest BCUT2D eigenvalue weighted by Crippen LogP contribution is -2.30. The van der Waals surface area contributed by atoms with Gasteiger partial charge in [-0.2, -0.15) is 0 Å². The molecule has 0 N–H and O–H groups in total. The fourth-order valence-corrected chi connectivity index (χ4v) is 1.64. The van der Waals surface area contributed by atoms with Crippen LogP contribution in [0.15, 0.2) is 30.3 Å². The zero-order chi connectivity index (χ0) is 13.5. The monoisotopic (exact) mass is 249 g/mol. The number of amides is 1. The van der Waals surface area contributed by atoms with Gasteiger partial charge in [0.25, 0.3) is 0 Å². The van der Waals surface area contributed by atoms with Crippen LogP contribution in [0.3, 0.4) is 0 Å². The second kappa shape index (κ2) is 6.91. The Hall–Kier alpha value is -1.68. The molecule has 0 aliphatic heterocycles. The molecule has 18 heavy (non-hydrogen) atoms. The molecule has 98 valence electrons. The molecule has 0 fully saturated rings. The van der Waals surface area contributed by atoms with E-state index in [4.69, 9.17) is 4.84 Å². The number of rotatable bonds is 6. The third-order valence-corrected chi connectivity index (χ3v) is 2.91. The van der Waals surface area contributed by atoms with Crippen molar-refractivity contribution in [3.8, 4) is 0 Å². The lowest BCUT2D eigenvalue weighted by Gasteiger charge is -2.18. The fourth-order valence-electron chi connectivity index (χ4n) is 1.64. The first-order valence-electron chi connectivity index (χ1n) is 5.96. The topological polar surface area (TPSA) is 46.6 Å². The van der Waals surface area contributed by atoms with Crippen LogP contribution >= 0.6 is 0 Å². The molecule has 0 heterocycles. The number of hydrogen-bond donors (Lipinski definition) is 0. The number of hydrogen-bond acceptors (Lipinski definition) is 3. The molecular weight excluding hydrogens is 230 g/mol. The lowest BCUT2D eigenvalue weighted by molar-refractivity contribution is -0.173. The maximum Gasteiger partial charge on any atom is 0.248 e. The molecule has 0 spiro atoms.